The zero-order valence-corrected chi connectivity index (χ0v) is 19.8. The average Bonchev–Trinajstić information content (AvgIpc) is 2.78. The SMILES string of the molecule is CNCCCOc1cc(F)c(-c2cnc(/C(N)=N\OC)nc2Cl)c(F)c1N1CCC(C)CC1. The summed E-state index contributed by atoms with van der Waals surface area (Å²) >= 11 is 6.28. The summed E-state index contributed by atoms with van der Waals surface area (Å²) in [4.78, 5) is 14.6. The van der Waals surface area contributed by atoms with Gasteiger partial charge in [-0.25, -0.2) is 18.7 Å². The number of piperidine rings is 1. The highest BCUT2D eigenvalue weighted by Crippen LogP contribution is 2.42. The van der Waals surface area contributed by atoms with Gasteiger partial charge in [-0.15, -0.1) is 0 Å². The quantitative estimate of drug-likeness (QED) is 0.185. The van der Waals surface area contributed by atoms with Crippen LogP contribution in [0.1, 0.15) is 32.0 Å². The molecule has 0 radical (unpaired) electrons. The molecule has 2 aromatic rings. The smallest absolute Gasteiger partial charge is 0.208 e. The van der Waals surface area contributed by atoms with Crippen molar-refractivity contribution in [3.05, 3.63) is 34.9 Å². The van der Waals surface area contributed by atoms with Crippen molar-refractivity contribution in [3.8, 4) is 16.9 Å². The molecular weight excluding hydrogens is 454 g/mol. The Bertz CT molecular complexity index is 999. The minimum atomic E-state index is -0.818. The number of rotatable bonds is 9. The Kier molecular flexibility index (Phi) is 8.62. The number of amidine groups is 1. The van der Waals surface area contributed by atoms with Crippen molar-refractivity contribution in [2.24, 2.45) is 16.8 Å². The number of halogens is 3. The zero-order chi connectivity index (χ0) is 24.0. The van der Waals surface area contributed by atoms with Crippen molar-refractivity contribution >= 4 is 23.1 Å². The second kappa shape index (κ2) is 11.4. The van der Waals surface area contributed by atoms with E-state index in [1.165, 1.54) is 19.4 Å². The Morgan fingerprint density at radius 1 is 1.36 bits per heavy atom. The van der Waals surface area contributed by atoms with Gasteiger partial charge < -0.3 is 25.5 Å². The number of nitrogens with one attached hydrogen (secondary N) is 1. The molecule has 1 saturated heterocycles. The molecule has 3 N–H and O–H groups in total. The summed E-state index contributed by atoms with van der Waals surface area (Å²) in [7, 11) is 3.15. The standard InChI is InChI=1S/C22H29ClF2N6O2/c1-13-5-8-31(9-6-13)19-16(33-10-4-7-27-2)11-15(24)17(18(19)25)14-12-28-22(29-20(14)23)21(26)30-32-3/h11-13,27H,4-10H2,1-3H3,(H2,26,30). The van der Waals surface area contributed by atoms with E-state index in [9.17, 15) is 0 Å². The molecule has 0 unspecified atom stereocenters. The molecule has 0 aliphatic carbocycles. The molecule has 0 atom stereocenters. The third kappa shape index (κ3) is 5.80. The van der Waals surface area contributed by atoms with E-state index < -0.39 is 11.6 Å². The summed E-state index contributed by atoms with van der Waals surface area (Å²) in [5, 5.41) is 6.41. The lowest BCUT2D eigenvalue weighted by Crippen LogP contribution is -2.34. The van der Waals surface area contributed by atoms with Crippen LogP contribution in [0.4, 0.5) is 14.5 Å². The van der Waals surface area contributed by atoms with Gasteiger partial charge in [0.1, 0.15) is 29.5 Å². The van der Waals surface area contributed by atoms with Gasteiger partial charge in [0.25, 0.3) is 0 Å². The number of aromatic nitrogens is 2. The van der Waals surface area contributed by atoms with Gasteiger partial charge in [0.15, 0.2) is 11.6 Å². The van der Waals surface area contributed by atoms with Crippen LogP contribution in [0.5, 0.6) is 5.75 Å². The van der Waals surface area contributed by atoms with Crippen LogP contribution in [-0.2, 0) is 4.84 Å². The van der Waals surface area contributed by atoms with Crippen molar-refractivity contribution in [3.63, 3.8) is 0 Å². The fourth-order valence-electron chi connectivity index (χ4n) is 3.69. The second-order valence-electron chi connectivity index (χ2n) is 7.93. The van der Waals surface area contributed by atoms with Gasteiger partial charge in [-0.05, 0) is 38.8 Å². The van der Waals surface area contributed by atoms with Gasteiger partial charge in [0.05, 0.1) is 12.2 Å². The molecule has 180 valence electrons. The Hall–Kier alpha value is -2.72. The van der Waals surface area contributed by atoms with E-state index in [-0.39, 0.29) is 39.4 Å². The van der Waals surface area contributed by atoms with E-state index in [1.807, 2.05) is 11.9 Å². The second-order valence-corrected chi connectivity index (χ2v) is 8.28. The Balaban J connectivity index is 2.05. The predicted octanol–water partition coefficient (Wildman–Crippen LogP) is 3.57. The van der Waals surface area contributed by atoms with Crippen molar-refractivity contribution in [2.75, 3.05) is 45.3 Å². The first-order valence-corrected chi connectivity index (χ1v) is 11.2. The number of nitrogens with two attached hydrogens (primary N) is 1. The third-order valence-electron chi connectivity index (χ3n) is 5.52. The molecule has 1 aromatic heterocycles. The molecule has 11 heteroatoms. The van der Waals surface area contributed by atoms with E-state index >= 15 is 8.78 Å². The summed E-state index contributed by atoms with van der Waals surface area (Å²) in [5.41, 5.74) is 5.63. The van der Waals surface area contributed by atoms with Gasteiger partial charge in [-0.1, -0.05) is 23.7 Å². The Morgan fingerprint density at radius 3 is 2.73 bits per heavy atom. The van der Waals surface area contributed by atoms with Crippen LogP contribution in [-0.4, -0.2) is 56.2 Å². The fraction of sp³-hybridized carbons (Fsp3) is 0.500. The van der Waals surface area contributed by atoms with Crippen LogP contribution in [0.15, 0.2) is 17.4 Å². The lowest BCUT2D eigenvalue weighted by Gasteiger charge is -2.34. The minimum absolute atomic E-state index is 0.00833. The minimum Gasteiger partial charge on any atom is -0.491 e. The third-order valence-corrected chi connectivity index (χ3v) is 5.80. The lowest BCUT2D eigenvalue weighted by atomic mass is 9.97. The van der Waals surface area contributed by atoms with Crippen molar-refractivity contribution < 1.29 is 18.4 Å². The fourth-order valence-corrected chi connectivity index (χ4v) is 3.92. The number of hydrogen-bond acceptors (Lipinski definition) is 7. The normalized spacial score (nSPS) is 15.1. The molecule has 1 aromatic carbocycles. The highest BCUT2D eigenvalue weighted by molar-refractivity contribution is 6.32. The van der Waals surface area contributed by atoms with E-state index in [1.54, 1.807) is 0 Å². The maximum Gasteiger partial charge on any atom is 0.208 e. The van der Waals surface area contributed by atoms with E-state index in [2.05, 4.69) is 32.2 Å². The summed E-state index contributed by atoms with van der Waals surface area (Å²) in [6, 6.07) is 1.20. The maximum absolute atomic E-state index is 15.9. The first kappa shape index (κ1) is 24.9. The van der Waals surface area contributed by atoms with E-state index in [0.29, 0.717) is 32.0 Å². The first-order chi connectivity index (χ1) is 15.9. The molecule has 1 fully saturated rings. The summed E-state index contributed by atoms with van der Waals surface area (Å²) in [6.07, 6.45) is 3.73. The molecule has 2 heterocycles. The molecular formula is C22H29ClF2N6O2. The number of hydrogen-bond donors (Lipinski definition) is 2. The molecule has 0 spiro atoms. The first-order valence-electron chi connectivity index (χ1n) is 10.8. The summed E-state index contributed by atoms with van der Waals surface area (Å²) in [5.74, 6) is -0.989. The number of nitrogens with zero attached hydrogens (tertiary/aromatic N) is 4. The summed E-state index contributed by atoms with van der Waals surface area (Å²) in [6.45, 7) is 4.50. The zero-order valence-electron chi connectivity index (χ0n) is 19.0. The Morgan fingerprint density at radius 2 is 2.09 bits per heavy atom. The molecule has 1 aliphatic heterocycles. The van der Waals surface area contributed by atoms with Crippen molar-refractivity contribution in [1.29, 1.82) is 0 Å². The monoisotopic (exact) mass is 482 g/mol. The number of oxime groups is 1. The van der Waals surface area contributed by atoms with Crippen LogP contribution in [0.2, 0.25) is 5.15 Å². The van der Waals surface area contributed by atoms with Gasteiger partial charge in [0.2, 0.25) is 5.84 Å². The van der Waals surface area contributed by atoms with Crippen LogP contribution in [0, 0.1) is 17.6 Å². The average molecular weight is 483 g/mol. The van der Waals surface area contributed by atoms with Gasteiger partial charge in [0, 0.05) is 30.9 Å². The lowest BCUT2D eigenvalue weighted by molar-refractivity contribution is 0.213. The molecule has 3 rings (SSSR count). The maximum atomic E-state index is 15.9. The number of benzene rings is 1. The molecule has 8 nitrogen and oxygen atoms in total. The number of ether oxygens (including phenoxy) is 1. The summed E-state index contributed by atoms with van der Waals surface area (Å²) < 4.78 is 37.0. The molecule has 33 heavy (non-hydrogen) atoms. The topological polar surface area (TPSA) is 97.9 Å². The Labute approximate surface area is 197 Å². The molecule has 0 bridgehead atoms. The van der Waals surface area contributed by atoms with Gasteiger partial charge in [-0.3, -0.25) is 0 Å². The van der Waals surface area contributed by atoms with Crippen LogP contribution < -0.4 is 20.7 Å². The van der Waals surface area contributed by atoms with Crippen LogP contribution in [0.25, 0.3) is 11.1 Å². The predicted molar refractivity (Wildman–Crippen MR) is 125 cm³/mol. The number of anilines is 1. The largest absolute Gasteiger partial charge is 0.491 e. The van der Waals surface area contributed by atoms with E-state index in [0.717, 1.165) is 19.4 Å². The highest BCUT2D eigenvalue weighted by Gasteiger charge is 2.28. The highest BCUT2D eigenvalue weighted by atomic mass is 35.5. The van der Waals surface area contributed by atoms with E-state index in [4.69, 9.17) is 22.1 Å². The molecule has 0 amide bonds. The van der Waals surface area contributed by atoms with Crippen LogP contribution in [0.3, 0.4) is 0 Å². The van der Waals surface area contributed by atoms with Crippen LogP contribution >= 0.6 is 11.6 Å². The van der Waals surface area contributed by atoms with Gasteiger partial charge >= 0.3 is 0 Å². The molecule has 0 saturated carbocycles. The molecule has 1 aliphatic rings. The van der Waals surface area contributed by atoms with Gasteiger partial charge in [-0.2, -0.15) is 0 Å². The van der Waals surface area contributed by atoms with Crippen molar-refractivity contribution in [2.45, 2.75) is 26.2 Å². The van der Waals surface area contributed by atoms with Crippen molar-refractivity contribution in [1.82, 2.24) is 15.3 Å².